The van der Waals surface area contributed by atoms with E-state index in [4.69, 9.17) is 5.73 Å². The minimum Gasteiger partial charge on any atom is -0.342 e. The second-order valence-electron chi connectivity index (χ2n) is 2.98. The molecule has 0 spiro atoms. The van der Waals surface area contributed by atoms with Gasteiger partial charge < -0.3 is 10.7 Å². The fraction of sp³-hybridized carbons (Fsp3) is 0.222. The third kappa shape index (κ3) is 1.07. The molecule has 13 heavy (non-hydrogen) atoms. The zero-order chi connectivity index (χ0) is 9.42. The Hall–Kier alpha value is -1.55. The van der Waals surface area contributed by atoms with E-state index in [2.05, 4.69) is 4.98 Å². The lowest BCUT2D eigenvalue weighted by Gasteiger charge is -1.93. The zero-order valence-electron chi connectivity index (χ0n) is 7.37. The van der Waals surface area contributed by atoms with Gasteiger partial charge in [-0.2, -0.15) is 0 Å². The van der Waals surface area contributed by atoms with Crippen LogP contribution in [0.4, 0.5) is 0 Å². The topological polar surface area (TPSA) is 63.3 Å². The quantitative estimate of drug-likeness (QED) is 0.662. The molecule has 2 aromatic heterocycles. The van der Waals surface area contributed by atoms with Crippen LogP contribution in [0.1, 0.15) is 11.4 Å². The van der Waals surface area contributed by atoms with E-state index in [-0.39, 0.29) is 5.56 Å². The first-order valence-electron chi connectivity index (χ1n) is 4.13. The summed E-state index contributed by atoms with van der Waals surface area (Å²) in [5, 5.41) is 0. The van der Waals surface area contributed by atoms with Gasteiger partial charge in [0.1, 0.15) is 5.65 Å². The van der Waals surface area contributed by atoms with Crippen molar-refractivity contribution in [1.82, 2.24) is 9.38 Å². The van der Waals surface area contributed by atoms with Crippen molar-refractivity contribution in [3.05, 3.63) is 39.9 Å². The highest BCUT2D eigenvalue weighted by molar-refractivity contribution is 5.42. The summed E-state index contributed by atoms with van der Waals surface area (Å²) in [5.74, 6) is 0. The largest absolute Gasteiger partial charge is 0.342 e. The molecule has 0 amide bonds. The molecule has 0 atom stereocenters. The van der Waals surface area contributed by atoms with Crippen LogP contribution < -0.4 is 11.3 Å². The molecule has 0 aliphatic rings. The molecule has 2 heterocycles. The number of fused-ring (bicyclic) bond motifs is 1. The third-order valence-electron chi connectivity index (χ3n) is 2.21. The van der Waals surface area contributed by atoms with E-state index in [1.807, 2.05) is 13.0 Å². The highest BCUT2D eigenvalue weighted by Gasteiger charge is 2.05. The van der Waals surface area contributed by atoms with Gasteiger partial charge in [0.25, 0.3) is 5.56 Å². The Morgan fingerprint density at radius 1 is 1.54 bits per heavy atom. The highest BCUT2D eigenvalue weighted by Crippen LogP contribution is 2.07. The van der Waals surface area contributed by atoms with Crippen molar-refractivity contribution in [2.75, 3.05) is 0 Å². The van der Waals surface area contributed by atoms with Crippen molar-refractivity contribution < 1.29 is 0 Å². The van der Waals surface area contributed by atoms with Crippen molar-refractivity contribution >= 4 is 5.65 Å². The number of hydrogen-bond acceptors (Lipinski definition) is 2. The molecule has 0 saturated heterocycles. The molecule has 4 nitrogen and oxygen atoms in total. The summed E-state index contributed by atoms with van der Waals surface area (Å²) in [6.45, 7) is 2.31. The Labute approximate surface area is 75.0 Å². The van der Waals surface area contributed by atoms with Crippen LogP contribution in [0.5, 0.6) is 0 Å². The number of imidazole rings is 1. The first-order valence-corrected chi connectivity index (χ1v) is 4.13. The number of nitrogens with two attached hydrogens (primary N) is 1. The summed E-state index contributed by atoms with van der Waals surface area (Å²) in [7, 11) is 0. The molecule has 2 rings (SSSR count). The molecule has 3 N–H and O–H groups in total. The molecule has 0 fully saturated rings. The maximum atomic E-state index is 11.4. The summed E-state index contributed by atoms with van der Waals surface area (Å²) in [6, 6.07) is 5.12. The zero-order valence-corrected chi connectivity index (χ0v) is 7.37. The summed E-state index contributed by atoms with van der Waals surface area (Å²) < 4.78 is 1.63. The summed E-state index contributed by atoms with van der Waals surface area (Å²) in [4.78, 5) is 14.5. The van der Waals surface area contributed by atoms with Gasteiger partial charge in [-0.3, -0.25) is 9.20 Å². The molecule has 4 heteroatoms. The summed E-state index contributed by atoms with van der Waals surface area (Å²) in [5.41, 5.74) is 8.09. The van der Waals surface area contributed by atoms with E-state index in [1.54, 1.807) is 10.5 Å². The predicted octanol–water partition coefficient (Wildman–Crippen LogP) is 0.395. The van der Waals surface area contributed by atoms with Crippen LogP contribution in [0.2, 0.25) is 0 Å². The molecule has 2 aromatic rings. The Kier molecular flexibility index (Phi) is 1.70. The highest BCUT2D eigenvalue weighted by atomic mass is 16.1. The van der Waals surface area contributed by atoms with E-state index >= 15 is 0 Å². The molecule has 0 aromatic carbocycles. The summed E-state index contributed by atoms with van der Waals surface area (Å²) in [6.07, 6.45) is 0. The van der Waals surface area contributed by atoms with E-state index in [9.17, 15) is 4.79 Å². The smallest absolute Gasteiger partial charge is 0.256 e. The number of aromatic nitrogens is 2. The van der Waals surface area contributed by atoms with Gasteiger partial charge in [0.15, 0.2) is 0 Å². The second-order valence-corrected chi connectivity index (χ2v) is 2.98. The number of hydrogen-bond donors (Lipinski definition) is 2. The van der Waals surface area contributed by atoms with Crippen molar-refractivity contribution in [3.8, 4) is 0 Å². The van der Waals surface area contributed by atoms with Gasteiger partial charge in [0, 0.05) is 18.3 Å². The predicted molar refractivity (Wildman–Crippen MR) is 50.6 cm³/mol. The van der Waals surface area contributed by atoms with Crippen LogP contribution in [0.25, 0.3) is 5.65 Å². The first-order chi connectivity index (χ1) is 6.24. The SMILES string of the molecule is Cc1c(CN)[nH]c2cccc(=O)n12. The average molecular weight is 177 g/mol. The normalized spacial score (nSPS) is 10.9. The number of nitrogens with one attached hydrogen (secondary N) is 1. The average Bonchev–Trinajstić information content (AvgIpc) is 2.44. The molecular formula is C9H11N3O. The van der Waals surface area contributed by atoms with Gasteiger partial charge in [-0.05, 0) is 13.0 Å². The van der Waals surface area contributed by atoms with Crippen LogP contribution in [-0.2, 0) is 6.54 Å². The lowest BCUT2D eigenvalue weighted by Crippen LogP contribution is -2.11. The van der Waals surface area contributed by atoms with Gasteiger partial charge in [0.2, 0.25) is 0 Å². The molecule has 0 aliphatic heterocycles. The van der Waals surface area contributed by atoms with Crippen LogP contribution in [0.15, 0.2) is 23.0 Å². The molecule has 0 bridgehead atoms. The van der Waals surface area contributed by atoms with Gasteiger partial charge in [0.05, 0.1) is 5.69 Å². The first kappa shape index (κ1) is 8.07. The van der Waals surface area contributed by atoms with Gasteiger partial charge >= 0.3 is 0 Å². The Balaban J connectivity index is 2.93. The second kappa shape index (κ2) is 2.74. The van der Waals surface area contributed by atoms with Crippen molar-refractivity contribution in [2.24, 2.45) is 5.73 Å². The number of H-pyrrole nitrogens is 1. The van der Waals surface area contributed by atoms with Crippen LogP contribution in [-0.4, -0.2) is 9.38 Å². The maximum absolute atomic E-state index is 11.4. The number of aromatic amines is 1. The van der Waals surface area contributed by atoms with Gasteiger partial charge in [-0.15, -0.1) is 0 Å². The maximum Gasteiger partial charge on any atom is 0.256 e. The lowest BCUT2D eigenvalue weighted by atomic mass is 10.3. The Bertz CT molecular complexity index is 495. The minimum atomic E-state index is -0.0223. The van der Waals surface area contributed by atoms with Gasteiger partial charge in [-0.1, -0.05) is 6.07 Å². The fourth-order valence-electron chi connectivity index (χ4n) is 1.51. The van der Waals surface area contributed by atoms with E-state index in [1.165, 1.54) is 6.07 Å². The Morgan fingerprint density at radius 2 is 2.31 bits per heavy atom. The number of pyridine rings is 1. The standard InChI is InChI=1S/C9H11N3O/c1-6-7(5-10)11-8-3-2-4-9(13)12(6)8/h2-4,11H,5,10H2,1H3. The van der Waals surface area contributed by atoms with Crippen LogP contribution in [0, 0.1) is 6.92 Å². The van der Waals surface area contributed by atoms with Crippen molar-refractivity contribution in [2.45, 2.75) is 13.5 Å². The van der Waals surface area contributed by atoms with Crippen molar-refractivity contribution in [3.63, 3.8) is 0 Å². The molecule has 0 radical (unpaired) electrons. The number of aryl methyl sites for hydroxylation is 1. The molecule has 0 unspecified atom stereocenters. The molecule has 68 valence electrons. The van der Waals surface area contributed by atoms with E-state index in [0.29, 0.717) is 6.54 Å². The van der Waals surface area contributed by atoms with Crippen LogP contribution >= 0.6 is 0 Å². The minimum absolute atomic E-state index is 0.0223. The van der Waals surface area contributed by atoms with Crippen LogP contribution in [0.3, 0.4) is 0 Å². The third-order valence-corrected chi connectivity index (χ3v) is 2.21. The molecule has 0 aliphatic carbocycles. The Morgan fingerprint density at radius 3 is 2.92 bits per heavy atom. The fourth-order valence-corrected chi connectivity index (χ4v) is 1.51. The van der Waals surface area contributed by atoms with Crippen molar-refractivity contribution in [1.29, 1.82) is 0 Å². The number of nitrogens with zero attached hydrogens (tertiary/aromatic N) is 1. The van der Waals surface area contributed by atoms with Gasteiger partial charge in [-0.25, -0.2) is 0 Å². The number of rotatable bonds is 1. The summed E-state index contributed by atoms with van der Waals surface area (Å²) >= 11 is 0. The molecular weight excluding hydrogens is 166 g/mol. The van der Waals surface area contributed by atoms with E-state index in [0.717, 1.165) is 17.0 Å². The van der Waals surface area contributed by atoms with E-state index < -0.39 is 0 Å². The monoisotopic (exact) mass is 177 g/mol. The lowest BCUT2D eigenvalue weighted by molar-refractivity contribution is 0.972. The molecule has 0 saturated carbocycles.